The number of hydrogen-bond donors (Lipinski definition) is 0. The molecule has 0 aromatic heterocycles. The van der Waals surface area contributed by atoms with Gasteiger partial charge in [0, 0.05) is 6.42 Å². The largest absolute Gasteiger partial charge is 0.463 e. The number of esters is 2. The second kappa shape index (κ2) is 8.09. The first kappa shape index (κ1) is 15.9. The summed E-state index contributed by atoms with van der Waals surface area (Å²) < 4.78 is 10.3. The van der Waals surface area contributed by atoms with Crippen LogP contribution in [0.4, 0.5) is 0 Å². The van der Waals surface area contributed by atoms with Crippen molar-refractivity contribution in [1.82, 2.24) is 0 Å². The lowest BCUT2D eigenvalue weighted by molar-refractivity contribution is -0.181. The van der Waals surface area contributed by atoms with Gasteiger partial charge in [-0.25, -0.2) is 4.79 Å². The Hall–Kier alpha value is -1.06. The fourth-order valence-corrected chi connectivity index (χ4v) is 1.46. The number of rotatable bonds is 8. The second-order valence-electron chi connectivity index (χ2n) is 4.30. The fraction of sp³-hybridized carbons (Fsp3) is 0.846. The average molecular weight is 244 g/mol. The molecule has 0 rings (SSSR count). The average Bonchev–Trinajstić information content (AvgIpc) is 2.29. The number of ether oxygens (including phenoxy) is 2. The molecule has 0 N–H and O–H groups in total. The molecule has 0 heterocycles. The Morgan fingerprint density at radius 2 is 1.76 bits per heavy atom. The molecule has 1 unspecified atom stereocenters. The summed E-state index contributed by atoms with van der Waals surface area (Å²) in [5.41, 5.74) is -1.13. The molecule has 4 nitrogen and oxygen atoms in total. The van der Waals surface area contributed by atoms with Crippen LogP contribution < -0.4 is 0 Å². The quantitative estimate of drug-likeness (QED) is 0.486. The Bertz CT molecular complexity index is 250. The monoisotopic (exact) mass is 244 g/mol. The molecule has 0 fully saturated rings. The van der Waals surface area contributed by atoms with Crippen molar-refractivity contribution in [1.29, 1.82) is 0 Å². The molecule has 0 bridgehead atoms. The smallest absolute Gasteiger partial charge is 0.350 e. The van der Waals surface area contributed by atoms with Crippen LogP contribution in [0.1, 0.15) is 59.8 Å². The first-order valence-electron chi connectivity index (χ1n) is 6.39. The summed E-state index contributed by atoms with van der Waals surface area (Å²) in [5, 5.41) is 0. The van der Waals surface area contributed by atoms with Gasteiger partial charge in [-0.3, -0.25) is 4.79 Å². The lowest BCUT2D eigenvalue weighted by Gasteiger charge is -2.26. The molecule has 0 aromatic rings. The molecule has 1 atom stereocenters. The minimum atomic E-state index is -1.13. The molecular formula is C13H24O4. The van der Waals surface area contributed by atoms with E-state index < -0.39 is 11.6 Å². The predicted octanol–water partition coefficient (Wildman–Crippen LogP) is 2.84. The van der Waals surface area contributed by atoms with E-state index in [0.717, 1.165) is 19.3 Å². The van der Waals surface area contributed by atoms with Crippen LogP contribution in [0, 0.1) is 0 Å². The Labute approximate surface area is 104 Å². The highest BCUT2D eigenvalue weighted by molar-refractivity contribution is 5.83. The van der Waals surface area contributed by atoms with Gasteiger partial charge < -0.3 is 9.47 Å². The van der Waals surface area contributed by atoms with Gasteiger partial charge >= 0.3 is 11.9 Å². The summed E-state index contributed by atoms with van der Waals surface area (Å²) in [7, 11) is 0. The number of carbonyl (C=O) groups excluding carboxylic acids is 2. The van der Waals surface area contributed by atoms with Gasteiger partial charge in [-0.15, -0.1) is 0 Å². The van der Waals surface area contributed by atoms with Gasteiger partial charge in [0.2, 0.25) is 5.60 Å². The third-order valence-electron chi connectivity index (χ3n) is 2.52. The van der Waals surface area contributed by atoms with E-state index in [1.807, 2.05) is 13.8 Å². The van der Waals surface area contributed by atoms with Crippen LogP contribution in [-0.4, -0.2) is 24.1 Å². The van der Waals surface area contributed by atoms with Crippen molar-refractivity contribution in [3.8, 4) is 0 Å². The highest BCUT2D eigenvalue weighted by Crippen LogP contribution is 2.20. The highest BCUT2D eigenvalue weighted by atomic mass is 16.6. The van der Waals surface area contributed by atoms with Crippen molar-refractivity contribution in [2.75, 3.05) is 6.61 Å². The normalized spacial score (nSPS) is 13.9. The van der Waals surface area contributed by atoms with Crippen LogP contribution in [0.2, 0.25) is 0 Å². The molecule has 0 aliphatic carbocycles. The summed E-state index contributed by atoms with van der Waals surface area (Å²) >= 11 is 0. The van der Waals surface area contributed by atoms with Crippen LogP contribution in [0.3, 0.4) is 0 Å². The highest BCUT2D eigenvalue weighted by Gasteiger charge is 2.37. The topological polar surface area (TPSA) is 52.6 Å². The van der Waals surface area contributed by atoms with E-state index in [-0.39, 0.29) is 12.4 Å². The molecular weight excluding hydrogens is 220 g/mol. The molecule has 0 aromatic carbocycles. The van der Waals surface area contributed by atoms with Gasteiger partial charge in [-0.05, 0) is 19.8 Å². The van der Waals surface area contributed by atoms with Crippen molar-refractivity contribution in [2.45, 2.75) is 65.4 Å². The van der Waals surface area contributed by atoms with E-state index in [1.165, 1.54) is 0 Å². The van der Waals surface area contributed by atoms with Crippen molar-refractivity contribution >= 4 is 11.9 Å². The van der Waals surface area contributed by atoms with Crippen LogP contribution in [0.15, 0.2) is 0 Å². The second-order valence-corrected chi connectivity index (χ2v) is 4.30. The van der Waals surface area contributed by atoms with E-state index in [1.54, 1.807) is 13.8 Å². The SMILES string of the molecule is CCCCOC(=O)C(C)(CCC)OC(=O)CC. The fourth-order valence-electron chi connectivity index (χ4n) is 1.46. The van der Waals surface area contributed by atoms with Crippen molar-refractivity contribution in [2.24, 2.45) is 0 Å². The van der Waals surface area contributed by atoms with Crippen LogP contribution in [0.25, 0.3) is 0 Å². The van der Waals surface area contributed by atoms with E-state index >= 15 is 0 Å². The van der Waals surface area contributed by atoms with Gasteiger partial charge in [0.25, 0.3) is 0 Å². The van der Waals surface area contributed by atoms with Gasteiger partial charge in [0.05, 0.1) is 6.61 Å². The zero-order valence-electron chi connectivity index (χ0n) is 11.4. The molecule has 0 aliphatic heterocycles. The van der Waals surface area contributed by atoms with E-state index in [4.69, 9.17) is 9.47 Å². The zero-order valence-corrected chi connectivity index (χ0v) is 11.4. The molecule has 0 spiro atoms. The molecule has 4 heteroatoms. The Morgan fingerprint density at radius 3 is 2.24 bits per heavy atom. The van der Waals surface area contributed by atoms with Gasteiger partial charge in [0.1, 0.15) is 0 Å². The molecule has 0 amide bonds. The summed E-state index contributed by atoms with van der Waals surface area (Å²) in [6.45, 7) is 7.68. The number of carbonyl (C=O) groups is 2. The maximum atomic E-state index is 11.9. The Kier molecular flexibility index (Phi) is 7.59. The van der Waals surface area contributed by atoms with Gasteiger partial charge in [0.15, 0.2) is 0 Å². The summed E-state index contributed by atoms with van der Waals surface area (Å²) in [5.74, 6) is -0.803. The predicted molar refractivity (Wildman–Crippen MR) is 65.6 cm³/mol. The van der Waals surface area contributed by atoms with Gasteiger partial charge in [-0.2, -0.15) is 0 Å². The van der Waals surface area contributed by atoms with Crippen molar-refractivity contribution in [3.05, 3.63) is 0 Å². The first-order valence-corrected chi connectivity index (χ1v) is 6.39. The lowest BCUT2D eigenvalue weighted by Crippen LogP contribution is -2.41. The van der Waals surface area contributed by atoms with E-state index in [9.17, 15) is 9.59 Å². The molecule has 0 aliphatic rings. The third kappa shape index (κ3) is 5.71. The minimum absolute atomic E-state index is 0.265. The molecule has 0 saturated carbocycles. The molecule has 0 saturated heterocycles. The number of hydrogen-bond acceptors (Lipinski definition) is 4. The number of unbranched alkanes of at least 4 members (excludes halogenated alkanes) is 1. The third-order valence-corrected chi connectivity index (χ3v) is 2.52. The Balaban J connectivity index is 4.45. The molecule has 100 valence electrons. The van der Waals surface area contributed by atoms with Crippen molar-refractivity contribution < 1.29 is 19.1 Å². The van der Waals surface area contributed by atoms with Crippen LogP contribution >= 0.6 is 0 Å². The summed E-state index contributed by atoms with van der Waals surface area (Å²) in [6.07, 6.45) is 3.31. The van der Waals surface area contributed by atoms with Crippen LogP contribution in [0.5, 0.6) is 0 Å². The summed E-state index contributed by atoms with van der Waals surface area (Å²) in [6, 6.07) is 0. The van der Waals surface area contributed by atoms with Crippen LogP contribution in [-0.2, 0) is 19.1 Å². The standard InChI is InChI=1S/C13H24O4/c1-5-8-10-16-12(15)13(4,9-6-2)17-11(14)7-3/h5-10H2,1-4H3. The zero-order chi connectivity index (χ0) is 13.3. The summed E-state index contributed by atoms with van der Waals surface area (Å²) in [4.78, 5) is 23.2. The molecule has 0 radical (unpaired) electrons. The van der Waals surface area contributed by atoms with E-state index in [0.29, 0.717) is 13.0 Å². The van der Waals surface area contributed by atoms with Crippen molar-refractivity contribution in [3.63, 3.8) is 0 Å². The van der Waals surface area contributed by atoms with E-state index in [2.05, 4.69) is 0 Å². The Morgan fingerprint density at radius 1 is 1.12 bits per heavy atom. The van der Waals surface area contributed by atoms with Gasteiger partial charge in [-0.1, -0.05) is 33.6 Å². The minimum Gasteiger partial charge on any atom is -0.463 e. The molecule has 17 heavy (non-hydrogen) atoms. The maximum absolute atomic E-state index is 11.9. The maximum Gasteiger partial charge on any atom is 0.350 e. The first-order chi connectivity index (χ1) is 8.00. The lowest BCUT2D eigenvalue weighted by atomic mass is 10.0.